The molecule has 3 aromatic carbocycles. The number of ketones is 1. The molecule has 1 N–H and O–H groups in total. The number of carbonyl (C=O) groups excluding carboxylic acids is 2. The van der Waals surface area contributed by atoms with Crippen molar-refractivity contribution in [1.82, 2.24) is 0 Å². The van der Waals surface area contributed by atoms with Crippen molar-refractivity contribution in [1.29, 1.82) is 5.26 Å². The molecule has 0 heterocycles. The molecule has 168 valence electrons. The van der Waals surface area contributed by atoms with Gasteiger partial charge in [0.2, 0.25) is 5.91 Å². The maximum absolute atomic E-state index is 13.0. The van der Waals surface area contributed by atoms with Crippen LogP contribution in [0.15, 0.2) is 66.7 Å². The molecule has 0 aliphatic rings. The molecule has 1 amide bonds. The van der Waals surface area contributed by atoms with E-state index >= 15 is 0 Å². The van der Waals surface area contributed by atoms with E-state index in [-0.39, 0.29) is 11.3 Å². The minimum Gasteiger partial charge on any atom is -0.457 e. The second-order valence-electron chi connectivity index (χ2n) is 7.02. The van der Waals surface area contributed by atoms with Gasteiger partial charge in [0.1, 0.15) is 17.3 Å². The molecule has 0 aromatic heterocycles. The molecule has 0 aliphatic heterocycles. The molecular formula is C24H16F4N2O3. The number of benzene rings is 3. The van der Waals surface area contributed by atoms with Crippen LogP contribution in [0.25, 0.3) is 0 Å². The van der Waals surface area contributed by atoms with Crippen molar-refractivity contribution < 1.29 is 31.9 Å². The second kappa shape index (κ2) is 9.53. The number of nitrogens with zero attached hydrogens (tertiary/aromatic N) is 1. The standard InChI is InChI=1S/C24H16F4N2O3/c1-14-12-19(33-18-8-4-16(5-9-18)24(26,27)28)10-11-21(14)30-23(32)20(13-29)22(31)15-2-6-17(25)7-3-15/h2-12,20H,1H3,(H,30,32). The van der Waals surface area contributed by atoms with E-state index < -0.39 is 35.2 Å². The largest absolute Gasteiger partial charge is 0.457 e. The van der Waals surface area contributed by atoms with Crippen LogP contribution in [0.3, 0.4) is 0 Å². The van der Waals surface area contributed by atoms with Gasteiger partial charge in [0.25, 0.3) is 0 Å². The lowest BCUT2D eigenvalue weighted by Gasteiger charge is -2.13. The molecule has 9 heteroatoms. The number of Topliss-reactive ketones (excluding diaryl/α,β-unsaturated/α-hetero) is 1. The lowest BCUT2D eigenvalue weighted by molar-refractivity contribution is -0.137. The predicted octanol–water partition coefficient (Wildman–Crippen LogP) is 5.91. The van der Waals surface area contributed by atoms with Gasteiger partial charge in [-0.3, -0.25) is 9.59 Å². The minimum absolute atomic E-state index is 0.0233. The van der Waals surface area contributed by atoms with Crippen LogP contribution in [0.1, 0.15) is 21.5 Å². The van der Waals surface area contributed by atoms with Gasteiger partial charge in [0.05, 0.1) is 11.6 Å². The van der Waals surface area contributed by atoms with Crippen LogP contribution in [-0.2, 0) is 11.0 Å². The summed E-state index contributed by atoms with van der Waals surface area (Å²) in [5, 5.41) is 11.8. The molecule has 0 saturated carbocycles. The Kier molecular flexibility index (Phi) is 6.78. The number of carbonyl (C=O) groups is 2. The van der Waals surface area contributed by atoms with E-state index in [1.807, 2.05) is 0 Å². The van der Waals surface area contributed by atoms with Gasteiger partial charge in [-0.05, 0) is 79.2 Å². The first-order valence-electron chi connectivity index (χ1n) is 9.54. The molecule has 1 atom stereocenters. The minimum atomic E-state index is -4.45. The van der Waals surface area contributed by atoms with Gasteiger partial charge in [-0.2, -0.15) is 18.4 Å². The topological polar surface area (TPSA) is 79.2 Å². The Morgan fingerprint density at radius 3 is 2.12 bits per heavy atom. The molecule has 0 saturated heterocycles. The molecular weight excluding hydrogens is 440 g/mol. The van der Waals surface area contributed by atoms with Crippen molar-refractivity contribution in [2.75, 3.05) is 5.32 Å². The van der Waals surface area contributed by atoms with Crippen molar-refractivity contribution in [3.63, 3.8) is 0 Å². The fourth-order valence-electron chi connectivity index (χ4n) is 2.91. The summed E-state index contributed by atoms with van der Waals surface area (Å²) < 4.78 is 56.6. The Balaban J connectivity index is 1.70. The normalized spacial score (nSPS) is 11.9. The molecule has 0 bridgehead atoms. The van der Waals surface area contributed by atoms with Gasteiger partial charge < -0.3 is 10.1 Å². The Morgan fingerprint density at radius 2 is 1.58 bits per heavy atom. The molecule has 3 rings (SSSR count). The maximum atomic E-state index is 13.0. The summed E-state index contributed by atoms with van der Waals surface area (Å²) in [4.78, 5) is 25.0. The summed E-state index contributed by atoms with van der Waals surface area (Å²) in [7, 11) is 0. The third-order valence-corrected chi connectivity index (χ3v) is 4.66. The number of nitriles is 1. The lowest BCUT2D eigenvalue weighted by atomic mass is 9.98. The Morgan fingerprint density at radius 1 is 0.970 bits per heavy atom. The molecule has 33 heavy (non-hydrogen) atoms. The van der Waals surface area contributed by atoms with Gasteiger partial charge in [-0.15, -0.1) is 0 Å². The molecule has 0 fully saturated rings. The van der Waals surface area contributed by atoms with Crippen LogP contribution >= 0.6 is 0 Å². The van der Waals surface area contributed by atoms with Crippen LogP contribution in [-0.4, -0.2) is 11.7 Å². The number of anilines is 1. The van der Waals surface area contributed by atoms with Gasteiger partial charge in [0.15, 0.2) is 11.7 Å². The SMILES string of the molecule is Cc1cc(Oc2ccc(C(F)(F)F)cc2)ccc1NC(=O)C(C#N)C(=O)c1ccc(F)cc1. The summed E-state index contributed by atoms with van der Waals surface area (Å²) >= 11 is 0. The zero-order valence-corrected chi connectivity index (χ0v) is 17.1. The molecule has 1 unspecified atom stereocenters. The molecule has 3 aromatic rings. The van der Waals surface area contributed by atoms with Gasteiger partial charge >= 0.3 is 6.18 Å². The third kappa shape index (κ3) is 5.74. The number of alkyl halides is 3. The van der Waals surface area contributed by atoms with Crippen molar-refractivity contribution in [2.24, 2.45) is 5.92 Å². The van der Waals surface area contributed by atoms with Crippen molar-refractivity contribution in [2.45, 2.75) is 13.1 Å². The van der Waals surface area contributed by atoms with Gasteiger partial charge in [-0.25, -0.2) is 4.39 Å². The maximum Gasteiger partial charge on any atom is 0.416 e. The van der Waals surface area contributed by atoms with E-state index in [0.29, 0.717) is 17.0 Å². The highest BCUT2D eigenvalue weighted by atomic mass is 19.4. The predicted molar refractivity (Wildman–Crippen MR) is 111 cm³/mol. The van der Waals surface area contributed by atoms with Crippen LogP contribution in [0.2, 0.25) is 0 Å². The van der Waals surface area contributed by atoms with E-state index in [1.165, 1.54) is 42.5 Å². The Bertz CT molecular complexity index is 1210. The highest BCUT2D eigenvalue weighted by Gasteiger charge is 2.30. The summed E-state index contributed by atoms with van der Waals surface area (Å²) in [6.07, 6.45) is -4.45. The first-order chi connectivity index (χ1) is 15.6. The number of hydrogen-bond donors (Lipinski definition) is 1. The number of rotatable bonds is 6. The summed E-state index contributed by atoms with van der Waals surface area (Å²) in [5.74, 6) is -3.32. The first kappa shape index (κ1) is 23.5. The zero-order chi connectivity index (χ0) is 24.2. The number of hydrogen-bond acceptors (Lipinski definition) is 4. The van der Waals surface area contributed by atoms with Gasteiger partial charge in [-0.1, -0.05) is 0 Å². The monoisotopic (exact) mass is 456 g/mol. The van der Waals surface area contributed by atoms with Crippen LogP contribution in [0.4, 0.5) is 23.2 Å². The van der Waals surface area contributed by atoms with Crippen molar-refractivity contribution in [3.05, 3.63) is 89.2 Å². The van der Waals surface area contributed by atoms with Crippen molar-refractivity contribution in [3.8, 4) is 17.6 Å². The van der Waals surface area contributed by atoms with E-state index in [2.05, 4.69) is 5.32 Å². The number of amides is 1. The van der Waals surface area contributed by atoms with E-state index in [0.717, 1.165) is 24.3 Å². The van der Waals surface area contributed by atoms with Crippen molar-refractivity contribution >= 4 is 17.4 Å². The van der Waals surface area contributed by atoms with E-state index in [1.54, 1.807) is 13.0 Å². The fourth-order valence-corrected chi connectivity index (χ4v) is 2.91. The summed E-state index contributed by atoms with van der Waals surface area (Å²) in [6, 6.07) is 14.8. The van der Waals surface area contributed by atoms with Crippen LogP contribution in [0, 0.1) is 30.0 Å². The zero-order valence-electron chi connectivity index (χ0n) is 17.1. The number of halogens is 4. The van der Waals surface area contributed by atoms with E-state index in [4.69, 9.17) is 4.74 Å². The number of ether oxygens (including phenoxy) is 1. The first-order valence-corrected chi connectivity index (χ1v) is 9.54. The summed E-state index contributed by atoms with van der Waals surface area (Å²) in [5.41, 5.74) is 0.0621. The average molecular weight is 456 g/mol. The highest BCUT2D eigenvalue weighted by molar-refractivity contribution is 6.15. The Hall–Kier alpha value is -4.19. The Labute approximate surface area is 186 Å². The van der Waals surface area contributed by atoms with E-state index in [9.17, 15) is 32.4 Å². The summed E-state index contributed by atoms with van der Waals surface area (Å²) in [6.45, 7) is 1.64. The third-order valence-electron chi connectivity index (χ3n) is 4.66. The molecule has 0 aliphatic carbocycles. The lowest BCUT2D eigenvalue weighted by Crippen LogP contribution is -2.29. The fraction of sp³-hybridized carbons (Fsp3) is 0.125. The van der Waals surface area contributed by atoms with Crippen LogP contribution < -0.4 is 10.1 Å². The number of aryl methyl sites for hydroxylation is 1. The van der Waals surface area contributed by atoms with Gasteiger partial charge in [0, 0.05) is 11.3 Å². The quantitative estimate of drug-likeness (QED) is 0.284. The van der Waals surface area contributed by atoms with Crippen LogP contribution in [0.5, 0.6) is 11.5 Å². The smallest absolute Gasteiger partial charge is 0.416 e. The molecule has 5 nitrogen and oxygen atoms in total. The average Bonchev–Trinajstić information content (AvgIpc) is 2.76. The molecule has 0 radical (unpaired) electrons. The molecule has 0 spiro atoms. The number of nitrogens with one attached hydrogen (secondary N) is 1. The highest BCUT2D eigenvalue weighted by Crippen LogP contribution is 2.32. The second-order valence-corrected chi connectivity index (χ2v) is 7.02.